The summed E-state index contributed by atoms with van der Waals surface area (Å²) in [6.07, 6.45) is 1.20. The molecule has 0 bridgehead atoms. The number of aryl methyl sites for hydroxylation is 1. The number of nitrogens with one attached hydrogen (secondary N) is 2. The van der Waals surface area contributed by atoms with Crippen LogP contribution in [0.15, 0.2) is 42.5 Å². The maximum atomic E-state index is 11.8. The van der Waals surface area contributed by atoms with E-state index in [1.807, 2.05) is 49.4 Å². The molecule has 0 aliphatic carbocycles. The number of carbonyl (C=O) groups excluding carboxylic acids is 1. The molecular weight excluding hydrogens is 331 g/mol. The Hall–Kier alpha value is -1.71. The number of hydrogen-bond acceptors (Lipinski definition) is 2. The van der Waals surface area contributed by atoms with Gasteiger partial charge in [0.15, 0.2) is 0 Å². The van der Waals surface area contributed by atoms with E-state index in [2.05, 4.69) is 10.6 Å². The molecule has 1 amide bonds. The van der Waals surface area contributed by atoms with E-state index in [4.69, 9.17) is 23.2 Å². The zero-order valence-corrected chi connectivity index (χ0v) is 14.5. The van der Waals surface area contributed by atoms with Gasteiger partial charge in [-0.3, -0.25) is 4.79 Å². The minimum atomic E-state index is 0.0335. The number of anilines is 1. The molecule has 2 aromatic rings. The summed E-state index contributed by atoms with van der Waals surface area (Å²) in [5.41, 5.74) is 3.19. The van der Waals surface area contributed by atoms with Crippen LogP contribution in [-0.2, 0) is 11.2 Å². The van der Waals surface area contributed by atoms with E-state index < -0.39 is 0 Å². The molecule has 0 aliphatic rings. The number of hydrogen-bond donors (Lipinski definition) is 2. The molecule has 0 aliphatic heterocycles. The number of benzene rings is 2. The Morgan fingerprint density at radius 3 is 2.57 bits per heavy atom. The van der Waals surface area contributed by atoms with Gasteiger partial charge < -0.3 is 10.6 Å². The van der Waals surface area contributed by atoms with Gasteiger partial charge in [0.1, 0.15) is 0 Å². The van der Waals surface area contributed by atoms with Crippen LogP contribution in [0.1, 0.15) is 17.5 Å². The lowest BCUT2D eigenvalue weighted by Gasteiger charge is -2.10. The van der Waals surface area contributed by atoms with E-state index in [1.54, 1.807) is 0 Å². The molecule has 3 nitrogen and oxygen atoms in total. The molecule has 0 heterocycles. The molecule has 0 atom stereocenters. The van der Waals surface area contributed by atoms with E-state index in [0.717, 1.165) is 28.3 Å². The first-order valence-electron chi connectivity index (χ1n) is 7.56. The molecular formula is C18H20Cl2N2O. The van der Waals surface area contributed by atoms with Crippen molar-refractivity contribution in [3.63, 3.8) is 0 Å². The summed E-state index contributed by atoms with van der Waals surface area (Å²) >= 11 is 11.9. The molecule has 5 heteroatoms. The Kier molecular flexibility index (Phi) is 6.75. The highest BCUT2D eigenvalue weighted by molar-refractivity contribution is 6.31. The van der Waals surface area contributed by atoms with Crippen molar-refractivity contribution in [3.8, 4) is 0 Å². The fourth-order valence-corrected chi connectivity index (χ4v) is 2.70. The van der Waals surface area contributed by atoms with Crippen LogP contribution in [0.2, 0.25) is 10.0 Å². The maximum Gasteiger partial charge on any atom is 0.221 e. The highest BCUT2D eigenvalue weighted by atomic mass is 35.5. The van der Waals surface area contributed by atoms with Gasteiger partial charge in [0, 0.05) is 35.2 Å². The molecule has 0 aromatic heterocycles. The lowest BCUT2D eigenvalue weighted by molar-refractivity contribution is -0.120. The average Bonchev–Trinajstić information content (AvgIpc) is 2.49. The van der Waals surface area contributed by atoms with Crippen LogP contribution in [0.3, 0.4) is 0 Å². The zero-order chi connectivity index (χ0) is 16.7. The van der Waals surface area contributed by atoms with E-state index in [-0.39, 0.29) is 5.91 Å². The quantitative estimate of drug-likeness (QED) is 0.773. The molecule has 0 spiro atoms. The largest absolute Gasteiger partial charge is 0.384 e. The smallest absolute Gasteiger partial charge is 0.221 e. The minimum absolute atomic E-state index is 0.0335. The standard InChI is InChI=1S/C18H20Cl2N2O/c1-13-11-16(20)5-6-17(13)21-10-8-18(23)22-9-7-14-3-2-4-15(19)12-14/h2-6,11-12,21H,7-10H2,1H3,(H,22,23). The summed E-state index contributed by atoms with van der Waals surface area (Å²) in [4.78, 5) is 11.8. The van der Waals surface area contributed by atoms with Crippen LogP contribution < -0.4 is 10.6 Å². The van der Waals surface area contributed by atoms with Crippen LogP contribution in [0.25, 0.3) is 0 Å². The molecule has 23 heavy (non-hydrogen) atoms. The van der Waals surface area contributed by atoms with Crippen molar-refractivity contribution in [2.45, 2.75) is 19.8 Å². The second kappa shape index (κ2) is 8.80. The third-order valence-corrected chi connectivity index (χ3v) is 3.95. The predicted molar refractivity (Wildman–Crippen MR) is 97.5 cm³/mol. The van der Waals surface area contributed by atoms with Crippen LogP contribution in [0.4, 0.5) is 5.69 Å². The zero-order valence-electron chi connectivity index (χ0n) is 13.0. The van der Waals surface area contributed by atoms with Crippen molar-refractivity contribution in [1.29, 1.82) is 0 Å². The van der Waals surface area contributed by atoms with Crippen molar-refractivity contribution in [3.05, 3.63) is 63.6 Å². The molecule has 2 aromatic carbocycles. The lowest BCUT2D eigenvalue weighted by Crippen LogP contribution is -2.27. The van der Waals surface area contributed by atoms with Gasteiger partial charge in [-0.15, -0.1) is 0 Å². The van der Waals surface area contributed by atoms with Crippen molar-refractivity contribution in [1.82, 2.24) is 5.32 Å². The van der Waals surface area contributed by atoms with Crippen LogP contribution in [0.5, 0.6) is 0 Å². The fourth-order valence-electron chi connectivity index (χ4n) is 2.26. The van der Waals surface area contributed by atoms with E-state index >= 15 is 0 Å². The Labute approximate surface area is 147 Å². The van der Waals surface area contributed by atoms with Crippen molar-refractivity contribution >= 4 is 34.8 Å². The summed E-state index contributed by atoms with van der Waals surface area (Å²) in [5.74, 6) is 0.0335. The number of halogens is 2. The Morgan fingerprint density at radius 2 is 1.83 bits per heavy atom. The molecule has 0 saturated carbocycles. The van der Waals surface area contributed by atoms with Crippen molar-refractivity contribution < 1.29 is 4.79 Å². The second-order valence-electron chi connectivity index (χ2n) is 5.37. The second-order valence-corrected chi connectivity index (χ2v) is 6.24. The molecule has 0 saturated heterocycles. The maximum absolute atomic E-state index is 11.8. The Balaban J connectivity index is 1.67. The van der Waals surface area contributed by atoms with Crippen molar-refractivity contribution in [2.24, 2.45) is 0 Å². The average molecular weight is 351 g/mol. The SMILES string of the molecule is Cc1cc(Cl)ccc1NCCC(=O)NCCc1cccc(Cl)c1. The number of amides is 1. The summed E-state index contributed by atoms with van der Waals surface area (Å²) < 4.78 is 0. The highest BCUT2D eigenvalue weighted by Crippen LogP contribution is 2.19. The van der Waals surface area contributed by atoms with Gasteiger partial charge >= 0.3 is 0 Å². The van der Waals surface area contributed by atoms with E-state index in [1.165, 1.54) is 0 Å². The molecule has 2 rings (SSSR count). The topological polar surface area (TPSA) is 41.1 Å². The molecule has 122 valence electrons. The molecule has 2 N–H and O–H groups in total. The molecule has 0 unspecified atom stereocenters. The van der Waals surface area contributed by atoms with Crippen LogP contribution in [0, 0.1) is 6.92 Å². The fraction of sp³-hybridized carbons (Fsp3) is 0.278. The first kappa shape index (κ1) is 17.6. The van der Waals surface area contributed by atoms with Gasteiger partial charge in [-0.2, -0.15) is 0 Å². The van der Waals surface area contributed by atoms with Crippen LogP contribution >= 0.6 is 23.2 Å². The first-order valence-corrected chi connectivity index (χ1v) is 8.31. The number of rotatable bonds is 7. The normalized spacial score (nSPS) is 10.4. The third kappa shape index (κ3) is 6.12. The third-order valence-electron chi connectivity index (χ3n) is 3.48. The van der Waals surface area contributed by atoms with Gasteiger partial charge in [0.05, 0.1) is 0 Å². The van der Waals surface area contributed by atoms with Gasteiger partial charge in [0.2, 0.25) is 5.91 Å². The minimum Gasteiger partial charge on any atom is -0.384 e. The van der Waals surface area contributed by atoms with Gasteiger partial charge in [-0.1, -0.05) is 35.3 Å². The summed E-state index contributed by atoms with van der Waals surface area (Å²) in [5, 5.41) is 7.60. The molecule has 0 fully saturated rings. The monoisotopic (exact) mass is 350 g/mol. The Bertz CT molecular complexity index is 674. The summed E-state index contributed by atoms with van der Waals surface area (Å²) in [7, 11) is 0. The highest BCUT2D eigenvalue weighted by Gasteiger charge is 2.03. The molecule has 0 radical (unpaired) electrons. The first-order chi connectivity index (χ1) is 11.0. The predicted octanol–water partition coefficient (Wildman–Crippen LogP) is 4.46. The summed E-state index contributed by atoms with van der Waals surface area (Å²) in [6, 6.07) is 13.3. The van der Waals surface area contributed by atoms with Gasteiger partial charge in [0.25, 0.3) is 0 Å². The van der Waals surface area contributed by atoms with E-state index in [0.29, 0.717) is 24.5 Å². The van der Waals surface area contributed by atoms with Gasteiger partial charge in [-0.05, 0) is 54.8 Å². The summed E-state index contributed by atoms with van der Waals surface area (Å²) in [6.45, 7) is 3.18. The van der Waals surface area contributed by atoms with Crippen LogP contribution in [-0.4, -0.2) is 19.0 Å². The van der Waals surface area contributed by atoms with Crippen molar-refractivity contribution in [2.75, 3.05) is 18.4 Å². The van der Waals surface area contributed by atoms with Gasteiger partial charge in [-0.25, -0.2) is 0 Å². The lowest BCUT2D eigenvalue weighted by atomic mass is 10.1. The number of carbonyl (C=O) groups is 1. The Morgan fingerprint density at radius 1 is 1.04 bits per heavy atom. The van der Waals surface area contributed by atoms with E-state index in [9.17, 15) is 4.79 Å².